The molecule has 9 nitrogen and oxygen atoms in total. The second-order valence-corrected chi connectivity index (χ2v) is 9.28. The Kier molecular flexibility index (Phi) is 5.88. The molecule has 1 aliphatic carbocycles. The third-order valence-electron chi connectivity index (χ3n) is 7.24. The molecule has 3 N–H and O–H groups in total. The summed E-state index contributed by atoms with van der Waals surface area (Å²) in [5, 5.41) is 21.3. The highest BCUT2D eigenvalue weighted by Crippen LogP contribution is 2.39. The molecule has 0 spiro atoms. The second-order valence-electron chi connectivity index (χ2n) is 9.28. The van der Waals surface area contributed by atoms with Crippen molar-refractivity contribution < 1.29 is 10.0 Å². The summed E-state index contributed by atoms with van der Waals surface area (Å²) in [4.78, 5) is 22.5. The Morgan fingerprint density at radius 1 is 1.12 bits per heavy atom. The van der Waals surface area contributed by atoms with Crippen molar-refractivity contribution in [3.05, 3.63) is 40.7 Å². The molecule has 1 saturated heterocycles. The van der Waals surface area contributed by atoms with Crippen LogP contribution in [0.5, 0.6) is 0 Å². The molecule has 1 aromatic carbocycles. The minimum atomic E-state index is -0.454. The number of nitro groups is 1. The number of hydrogen-bond donors (Lipinski definition) is 2. The first-order valence-electron chi connectivity index (χ1n) is 11.8. The fourth-order valence-corrected chi connectivity index (χ4v) is 5.31. The number of nitrogens with zero attached hydrogens (tertiary/aromatic N) is 5. The van der Waals surface area contributed by atoms with Gasteiger partial charge in [-0.2, -0.15) is 0 Å². The summed E-state index contributed by atoms with van der Waals surface area (Å²) in [6.45, 7) is 1.65. The van der Waals surface area contributed by atoms with Gasteiger partial charge in [0, 0.05) is 25.7 Å². The van der Waals surface area contributed by atoms with Crippen molar-refractivity contribution in [2.24, 2.45) is 5.92 Å². The fraction of sp³-hybridized carbons (Fsp3) is 0.500. The number of aromatic nitrogens is 3. The van der Waals surface area contributed by atoms with E-state index in [0.29, 0.717) is 23.0 Å². The van der Waals surface area contributed by atoms with E-state index in [9.17, 15) is 15.2 Å². The number of aliphatic hydroxyl groups is 1. The lowest BCUT2D eigenvalue weighted by Gasteiger charge is -2.32. The average molecular weight is 451 g/mol. The molecule has 0 bridgehead atoms. The van der Waals surface area contributed by atoms with Crippen LogP contribution in [0.1, 0.15) is 51.0 Å². The van der Waals surface area contributed by atoms with Gasteiger partial charge < -0.3 is 20.3 Å². The predicted octanol–water partition coefficient (Wildman–Crippen LogP) is 4.30. The maximum absolute atomic E-state index is 11.9. The maximum Gasteiger partial charge on any atom is 0.319 e. The second kappa shape index (κ2) is 8.97. The maximum atomic E-state index is 11.9. The number of anilines is 2. The van der Waals surface area contributed by atoms with Gasteiger partial charge in [-0.15, -0.1) is 0 Å². The van der Waals surface area contributed by atoms with Gasteiger partial charge in [-0.1, -0.05) is 25.3 Å². The number of imidazole rings is 1. The number of nitrogens with two attached hydrogens (primary N) is 1. The van der Waals surface area contributed by atoms with Gasteiger partial charge in [-0.05, 0) is 55.4 Å². The van der Waals surface area contributed by atoms with E-state index in [-0.39, 0.29) is 24.0 Å². The number of fused-ring (bicyclic) bond motifs is 1. The molecule has 0 radical (unpaired) electrons. The average Bonchev–Trinajstić information content (AvgIpc) is 3.27. The van der Waals surface area contributed by atoms with Gasteiger partial charge in [-0.25, -0.2) is 9.97 Å². The van der Waals surface area contributed by atoms with Gasteiger partial charge in [0.15, 0.2) is 0 Å². The first-order valence-corrected chi connectivity index (χ1v) is 11.8. The normalized spacial score (nSPS) is 18.2. The Hall–Kier alpha value is -3.20. The lowest BCUT2D eigenvalue weighted by molar-refractivity contribution is -0.383. The van der Waals surface area contributed by atoms with E-state index >= 15 is 0 Å². The van der Waals surface area contributed by atoms with E-state index in [1.165, 1.54) is 19.3 Å². The Morgan fingerprint density at radius 2 is 1.88 bits per heavy atom. The van der Waals surface area contributed by atoms with E-state index < -0.39 is 4.92 Å². The highest BCUT2D eigenvalue weighted by molar-refractivity contribution is 5.88. The van der Waals surface area contributed by atoms with Crippen LogP contribution >= 0.6 is 0 Å². The van der Waals surface area contributed by atoms with Crippen molar-refractivity contribution in [2.75, 3.05) is 30.3 Å². The van der Waals surface area contributed by atoms with Crippen LogP contribution in [0.3, 0.4) is 0 Å². The van der Waals surface area contributed by atoms with Crippen LogP contribution < -0.4 is 10.6 Å². The molecule has 9 heteroatoms. The zero-order valence-electron chi connectivity index (χ0n) is 18.7. The van der Waals surface area contributed by atoms with Gasteiger partial charge in [0.05, 0.1) is 27.8 Å². The lowest BCUT2D eigenvalue weighted by Crippen LogP contribution is -2.35. The van der Waals surface area contributed by atoms with E-state index in [1.54, 1.807) is 6.07 Å². The van der Waals surface area contributed by atoms with Crippen LogP contribution in [-0.2, 0) is 0 Å². The summed E-state index contributed by atoms with van der Waals surface area (Å²) in [7, 11) is 0. The SMILES string of the molecule is Nc1nc(N2CCC(CO)CC2)cc(-c2ccc3c(c2)ncn3C2CCCCC2)c1[N+](=O)[O-]. The quantitative estimate of drug-likeness (QED) is 0.439. The molecule has 174 valence electrons. The summed E-state index contributed by atoms with van der Waals surface area (Å²) in [5.41, 5.74) is 8.98. The summed E-state index contributed by atoms with van der Waals surface area (Å²) in [6.07, 6.45) is 9.71. The van der Waals surface area contributed by atoms with E-state index in [2.05, 4.69) is 19.4 Å². The number of aliphatic hydroxyl groups excluding tert-OH is 1. The third kappa shape index (κ3) is 4.13. The van der Waals surface area contributed by atoms with Gasteiger partial charge in [0.25, 0.3) is 0 Å². The highest BCUT2D eigenvalue weighted by Gasteiger charge is 2.27. The van der Waals surface area contributed by atoms with E-state index in [1.807, 2.05) is 24.5 Å². The highest BCUT2D eigenvalue weighted by atomic mass is 16.6. The Balaban J connectivity index is 1.53. The summed E-state index contributed by atoms with van der Waals surface area (Å²) >= 11 is 0. The zero-order valence-corrected chi connectivity index (χ0v) is 18.7. The molecule has 3 aromatic rings. The van der Waals surface area contributed by atoms with Crippen LogP contribution in [0.25, 0.3) is 22.2 Å². The zero-order chi connectivity index (χ0) is 22.9. The molecule has 0 unspecified atom stereocenters. The van der Waals surface area contributed by atoms with Crippen molar-refractivity contribution in [2.45, 2.75) is 51.0 Å². The van der Waals surface area contributed by atoms with Crippen LogP contribution in [0, 0.1) is 16.0 Å². The van der Waals surface area contributed by atoms with Crippen molar-refractivity contribution in [1.29, 1.82) is 0 Å². The van der Waals surface area contributed by atoms with Crippen molar-refractivity contribution in [1.82, 2.24) is 14.5 Å². The summed E-state index contributed by atoms with van der Waals surface area (Å²) in [5.74, 6) is 0.847. The monoisotopic (exact) mass is 450 g/mol. The van der Waals surface area contributed by atoms with Crippen LogP contribution in [-0.4, -0.2) is 44.3 Å². The molecule has 2 fully saturated rings. The number of rotatable bonds is 5. The number of pyridine rings is 1. The third-order valence-corrected chi connectivity index (χ3v) is 7.24. The van der Waals surface area contributed by atoms with Gasteiger partial charge in [0.2, 0.25) is 5.82 Å². The number of piperidine rings is 1. The predicted molar refractivity (Wildman–Crippen MR) is 128 cm³/mol. The Bertz CT molecular complexity index is 1160. The van der Waals surface area contributed by atoms with Crippen molar-refractivity contribution in [3.8, 4) is 11.1 Å². The fourth-order valence-electron chi connectivity index (χ4n) is 5.31. The molecule has 0 atom stereocenters. The van der Waals surface area contributed by atoms with E-state index in [0.717, 1.165) is 49.8 Å². The Labute approximate surface area is 192 Å². The first-order chi connectivity index (χ1) is 16.0. The summed E-state index contributed by atoms with van der Waals surface area (Å²) in [6, 6.07) is 8.09. The van der Waals surface area contributed by atoms with Crippen LogP contribution in [0.2, 0.25) is 0 Å². The standard InChI is InChI=1S/C24H30N6O3/c25-24-23(30(32)33)19(13-22(27-24)28-10-8-16(14-31)9-11-28)17-6-7-21-20(12-17)26-15-29(21)18-4-2-1-3-5-18/h6-7,12-13,15-16,18,31H,1-5,8-11,14H2,(H2,25,27). The van der Waals surface area contributed by atoms with Crippen LogP contribution in [0.15, 0.2) is 30.6 Å². The van der Waals surface area contributed by atoms with Gasteiger partial charge >= 0.3 is 5.69 Å². The van der Waals surface area contributed by atoms with Crippen molar-refractivity contribution >= 4 is 28.4 Å². The van der Waals surface area contributed by atoms with Crippen LogP contribution in [0.4, 0.5) is 17.3 Å². The number of hydrogen-bond acceptors (Lipinski definition) is 7. The molecule has 1 aliphatic heterocycles. The smallest absolute Gasteiger partial charge is 0.319 e. The molecule has 2 aromatic heterocycles. The minimum Gasteiger partial charge on any atom is -0.396 e. The topological polar surface area (TPSA) is 123 Å². The molecule has 1 saturated carbocycles. The van der Waals surface area contributed by atoms with E-state index in [4.69, 9.17) is 5.73 Å². The molecular weight excluding hydrogens is 420 g/mol. The van der Waals surface area contributed by atoms with Gasteiger partial charge in [0.1, 0.15) is 5.82 Å². The molecule has 0 amide bonds. The number of benzene rings is 1. The number of nitrogen functional groups attached to an aromatic ring is 1. The summed E-state index contributed by atoms with van der Waals surface area (Å²) < 4.78 is 2.25. The Morgan fingerprint density at radius 3 is 2.58 bits per heavy atom. The first kappa shape index (κ1) is 21.6. The lowest BCUT2D eigenvalue weighted by atomic mass is 9.95. The molecule has 2 aliphatic rings. The largest absolute Gasteiger partial charge is 0.396 e. The molecular formula is C24H30N6O3. The minimum absolute atomic E-state index is 0.0791. The molecule has 5 rings (SSSR count). The molecule has 3 heterocycles. The van der Waals surface area contributed by atoms with Gasteiger partial charge in [-0.3, -0.25) is 10.1 Å². The molecule has 33 heavy (non-hydrogen) atoms. The van der Waals surface area contributed by atoms with Crippen molar-refractivity contribution in [3.63, 3.8) is 0 Å².